The van der Waals surface area contributed by atoms with E-state index < -0.39 is 9.84 Å². The molecule has 1 atom stereocenters. The van der Waals surface area contributed by atoms with E-state index in [1.165, 1.54) is 31.4 Å². The van der Waals surface area contributed by atoms with Crippen LogP contribution in [0, 0.1) is 5.92 Å². The van der Waals surface area contributed by atoms with Gasteiger partial charge < -0.3 is 5.32 Å². The third-order valence-electron chi connectivity index (χ3n) is 6.06. The fraction of sp³-hybridized carbons (Fsp3) is 0.391. The molecule has 158 valence electrons. The summed E-state index contributed by atoms with van der Waals surface area (Å²) < 4.78 is 25.6. The van der Waals surface area contributed by atoms with Crippen LogP contribution in [0.5, 0.6) is 0 Å². The van der Waals surface area contributed by atoms with Crippen molar-refractivity contribution < 1.29 is 13.2 Å². The highest BCUT2D eigenvalue weighted by Gasteiger charge is 2.27. The number of hydrogen-bond acceptors (Lipinski definition) is 4. The zero-order valence-electron chi connectivity index (χ0n) is 17.3. The molecule has 1 heterocycles. The Balaban J connectivity index is 1.71. The average molecular weight is 426 g/mol. The number of amides is 1. The minimum atomic E-state index is -3.35. The van der Waals surface area contributed by atoms with Gasteiger partial charge in [0.25, 0.3) is 5.91 Å². The van der Waals surface area contributed by atoms with Crippen molar-refractivity contribution in [3.05, 3.63) is 54.2 Å². The standard InChI is InChI=1S/C23H27N3O3S/c1-16(17-9-4-3-5-10-17)26-22(20-13-6-7-14-21(20)25-26)23(27)24-18-11-8-12-19(15-18)30(2,28)29/h6-8,11-17H,3-5,9-10H2,1-2H3,(H,24,27). The number of carbonyl (C=O) groups is 1. The first kappa shape index (κ1) is 20.6. The largest absolute Gasteiger partial charge is 0.321 e. The van der Waals surface area contributed by atoms with E-state index in [-0.39, 0.29) is 16.8 Å². The van der Waals surface area contributed by atoms with E-state index in [0.717, 1.165) is 30.0 Å². The summed E-state index contributed by atoms with van der Waals surface area (Å²) in [6.45, 7) is 2.14. The molecule has 1 fully saturated rings. The number of anilines is 1. The van der Waals surface area contributed by atoms with E-state index in [2.05, 4.69) is 12.2 Å². The summed E-state index contributed by atoms with van der Waals surface area (Å²) in [4.78, 5) is 13.5. The first-order valence-corrected chi connectivity index (χ1v) is 12.3. The number of fused-ring (bicyclic) bond motifs is 1. The fourth-order valence-corrected chi connectivity index (χ4v) is 5.05. The maximum absolute atomic E-state index is 13.3. The third-order valence-corrected chi connectivity index (χ3v) is 7.17. The molecule has 30 heavy (non-hydrogen) atoms. The molecule has 0 aliphatic heterocycles. The number of aromatic nitrogens is 2. The summed E-state index contributed by atoms with van der Waals surface area (Å²) in [5.74, 6) is 0.213. The van der Waals surface area contributed by atoms with Gasteiger partial charge in [-0.2, -0.15) is 5.10 Å². The topological polar surface area (TPSA) is 81.1 Å². The highest BCUT2D eigenvalue weighted by atomic mass is 32.2. The van der Waals surface area contributed by atoms with Crippen LogP contribution in [0.25, 0.3) is 10.9 Å². The first-order chi connectivity index (χ1) is 14.3. The van der Waals surface area contributed by atoms with Gasteiger partial charge >= 0.3 is 0 Å². The van der Waals surface area contributed by atoms with Crippen LogP contribution in [-0.2, 0) is 9.84 Å². The van der Waals surface area contributed by atoms with Gasteiger partial charge in [0.15, 0.2) is 9.84 Å². The summed E-state index contributed by atoms with van der Waals surface area (Å²) in [6, 6.07) is 14.1. The highest BCUT2D eigenvalue weighted by molar-refractivity contribution is 7.90. The molecule has 0 radical (unpaired) electrons. The Kier molecular flexibility index (Phi) is 5.64. The van der Waals surface area contributed by atoms with E-state index in [0.29, 0.717) is 17.3 Å². The molecule has 1 aliphatic rings. The predicted molar refractivity (Wildman–Crippen MR) is 119 cm³/mol. The molecule has 0 bridgehead atoms. The van der Waals surface area contributed by atoms with Gasteiger partial charge in [0.2, 0.25) is 0 Å². The molecule has 4 rings (SSSR count). The lowest BCUT2D eigenvalue weighted by molar-refractivity contribution is 0.101. The predicted octanol–water partition coefficient (Wildman–Crippen LogP) is 4.83. The smallest absolute Gasteiger partial charge is 0.274 e. The molecule has 6 nitrogen and oxygen atoms in total. The van der Waals surface area contributed by atoms with Crippen molar-refractivity contribution in [2.24, 2.45) is 5.92 Å². The molecule has 1 unspecified atom stereocenters. The van der Waals surface area contributed by atoms with Crippen LogP contribution in [0.3, 0.4) is 0 Å². The van der Waals surface area contributed by atoms with Gasteiger partial charge in [0.05, 0.1) is 16.5 Å². The Morgan fingerprint density at radius 1 is 1.10 bits per heavy atom. The van der Waals surface area contributed by atoms with E-state index >= 15 is 0 Å². The van der Waals surface area contributed by atoms with Gasteiger partial charge in [-0.25, -0.2) is 8.42 Å². The highest BCUT2D eigenvalue weighted by Crippen LogP contribution is 2.34. The van der Waals surface area contributed by atoms with E-state index in [1.807, 2.05) is 28.9 Å². The minimum absolute atomic E-state index is 0.112. The maximum Gasteiger partial charge on any atom is 0.274 e. The second kappa shape index (κ2) is 8.22. The van der Waals surface area contributed by atoms with E-state index in [1.54, 1.807) is 12.1 Å². The lowest BCUT2D eigenvalue weighted by Gasteiger charge is -2.28. The molecule has 1 N–H and O–H groups in total. The van der Waals surface area contributed by atoms with Gasteiger partial charge in [-0.1, -0.05) is 43.5 Å². The van der Waals surface area contributed by atoms with Crippen molar-refractivity contribution >= 4 is 32.3 Å². The van der Waals surface area contributed by atoms with Gasteiger partial charge in [0, 0.05) is 17.3 Å². The summed E-state index contributed by atoms with van der Waals surface area (Å²) in [7, 11) is -3.35. The van der Waals surface area contributed by atoms with Crippen molar-refractivity contribution in [2.75, 3.05) is 11.6 Å². The zero-order chi connectivity index (χ0) is 21.3. The normalized spacial score (nSPS) is 16.5. The number of carbonyl (C=O) groups excluding carboxylic acids is 1. The van der Waals surface area contributed by atoms with Crippen LogP contribution in [-0.4, -0.2) is 30.4 Å². The molecule has 0 saturated heterocycles. The molecule has 2 aromatic carbocycles. The van der Waals surface area contributed by atoms with Crippen molar-refractivity contribution in [3.63, 3.8) is 0 Å². The zero-order valence-corrected chi connectivity index (χ0v) is 18.2. The molecule has 3 aromatic rings. The number of nitrogens with one attached hydrogen (secondary N) is 1. The molecule has 1 aromatic heterocycles. The molecular weight excluding hydrogens is 398 g/mol. The lowest BCUT2D eigenvalue weighted by atomic mass is 9.84. The minimum Gasteiger partial charge on any atom is -0.321 e. The Labute approximate surface area is 177 Å². The number of hydrogen-bond donors (Lipinski definition) is 1. The Bertz CT molecular complexity index is 1180. The number of benzene rings is 2. The second-order valence-electron chi connectivity index (χ2n) is 8.20. The molecular formula is C23H27N3O3S. The molecule has 1 amide bonds. The van der Waals surface area contributed by atoms with Crippen molar-refractivity contribution in [1.29, 1.82) is 0 Å². The van der Waals surface area contributed by atoms with Gasteiger partial charge in [-0.3, -0.25) is 9.48 Å². The van der Waals surface area contributed by atoms with Crippen molar-refractivity contribution in [1.82, 2.24) is 9.78 Å². The van der Waals surface area contributed by atoms with Crippen LogP contribution in [0.4, 0.5) is 5.69 Å². The Morgan fingerprint density at radius 2 is 1.83 bits per heavy atom. The summed E-state index contributed by atoms with van der Waals surface area (Å²) in [6.07, 6.45) is 7.16. The SMILES string of the molecule is CC(C1CCCCC1)n1nc2ccccc2c1C(=O)Nc1cccc(S(C)(=O)=O)c1. The van der Waals surface area contributed by atoms with Gasteiger partial charge in [0.1, 0.15) is 5.69 Å². The van der Waals surface area contributed by atoms with Gasteiger partial charge in [-0.15, -0.1) is 0 Å². The quantitative estimate of drug-likeness (QED) is 0.635. The van der Waals surface area contributed by atoms with E-state index in [4.69, 9.17) is 5.10 Å². The third kappa shape index (κ3) is 4.12. The molecule has 7 heteroatoms. The number of sulfone groups is 1. The van der Waals surface area contributed by atoms with Crippen molar-refractivity contribution in [2.45, 2.75) is 50.0 Å². The van der Waals surface area contributed by atoms with Crippen LogP contribution < -0.4 is 5.32 Å². The fourth-order valence-electron chi connectivity index (χ4n) is 4.38. The van der Waals surface area contributed by atoms with Crippen molar-refractivity contribution in [3.8, 4) is 0 Å². The van der Waals surface area contributed by atoms with E-state index in [9.17, 15) is 13.2 Å². The first-order valence-electron chi connectivity index (χ1n) is 10.4. The Hall–Kier alpha value is -2.67. The lowest BCUT2D eigenvalue weighted by Crippen LogP contribution is -2.25. The number of nitrogens with zero attached hydrogens (tertiary/aromatic N) is 2. The van der Waals surface area contributed by atoms with Crippen LogP contribution in [0.2, 0.25) is 0 Å². The molecule has 0 spiro atoms. The van der Waals surface area contributed by atoms with Gasteiger partial charge in [-0.05, 0) is 49.9 Å². The maximum atomic E-state index is 13.3. The Morgan fingerprint density at radius 3 is 2.57 bits per heavy atom. The van der Waals surface area contributed by atoms with Crippen LogP contribution >= 0.6 is 0 Å². The monoisotopic (exact) mass is 425 g/mol. The summed E-state index contributed by atoms with van der Waals surface area (Å²) in [5, 5.41) is 8.45. The second-order valence-corrected chi connectivity index (χ2v) is 10.2. The summed E-state index contributed by atoms with van der Waals surface area (Å²) >= 11 is 0. The summed E-state index contributed by atoms with van der Waals surface area (Å²) in [5.41, 5.74) is 1.76. The molecule has 1 saturated carbocycles. The van der Waals surface area contributed by atoms with Crippen LogP contribution in [0.1, 0.15) is 55.6 Å². The molecule has 1 aliphatic carbocycles. The number of rotatable bonds is 5. The van der Waals surface area contributed by atoms with Crippen LogP contribution in [0.15, 0.2) is 53.4 Å². The average Bonchev–Trinajstić information content (AvgIpc) is 3.13.